The molecule has 2 unspecified atom stereocenters. The van der Waals surface area contributed by atoms with Crippen LogP contribution in [0.3, 0.4) is 0 Å². The summed E-state index contributed by atoms with van der Waals surface area (Å²) >= 11 is 0. The molecular formula is C42H34N2. The zero-order valence-corrected chi connectivity index (χ0v) is 25.1. The molecule has 2 atom stereocenters. The van der Waals surface area contributed by atoms with E-state index in [1.165, 1.54) is 66.8 Å². The van der Waals surface area contributed by atoms with E-state index >= 15 is 0 Å². The van der Waals surface area contributed by atoms with E-state index in [1.807, 2.05) is 13.0 Å². The maximum absolute atomic E-state index is 4.54. The molecule has 0 aromatic heterocycles. The van der Waals surface area contributed by atoms with Crippen molar-refractivity contribution in [3.63, 3.8) is 0 Å². The third-order valence-corrected chi connectivity index (χ3v) is 9.39. The molecule has 0 bridgehead atoms. The highest BCUT2D eigenvalue weighted by Crippen LogP contribution is 2.58. The second-order valence-electron chi connectivity index (χ2n) is 11.9. The van der Waals surface area contributed by atoms with Crippen LogP contribution in [0.2, 0.25) is 0 Å². The van der Waals surface area contributed by atoms with E-state index in [1.54, 1.807) is 0 Å². The van der Waals surface area contributed by atoms with Crippen LogP contribution >= 0.6 is 0 Å². The number of anilines is 2. The molecule has 0 amide bonds. The minimum atomic E-state index is 0.204. The van der Waals surface area contributed by atoms with Gasteiger partial charge in [0.05, 0.1) is 0 Å². The molecule has 0 spiro atoms. The number of nitrogens with zero attached hydrogens (tertiary/aromatic N) is 1. The minimum absolute atomic E-state index is 0.204. The van der Waals surface area contributed by atoms with Crippen LogP contribution in [0.5, 0.6) is 0 Å². The van der Waals surface area contributed by atoms with Gasteiger partial charge >= 0.3 is 0 Å². The average molecular weight is 567 g/mol. The number of rotatable bonds is 5. The fourth-order valence-corrected chi connectivity index (χ4v) is 7.49. The molecule has 0 saturated carbocycles. The molecule has 2 heterocycles. The van der Waals surface area contributed by atoms with Crippen LogP contribution in [-0.2, 0) is 0 Å². The van der Waals surface area contributed by atoms with Crippen molar-refractivity contribution >= 4 is 27.7 Å². The van der Waals surface area contributed by atoms with Gasteiger partial charge in [-0.1, -0.05) is 123 Å². The molecule has 5 aromatic carbocycles. The zero-order valence-electron chi connectivity index (χ0n) is 25.1. The standard InChI is InChI=1S/C42H34N2/c1-4-5-8-14-27(2)44-38-24-21-31(29-15-9-6-10-16-29)25-35(38)41-28(3)40-34-23-22-32(30-17-11-7-12-18-30)33-19-13-20-36(42(33)34)43-37(40)26-39(41)44/h4-26,28,41,43H,2H2,1,3H3/b5-4-,14-8-. The Hall–Kier alpha value is -5.34. The van der Waals surface area contributed by atoms with Crippen molar-refractivity contribution in [2.45, 2.75) is 19.8 Å². The van der Waals surface area contributed by atoms with Crippen molar-refractivity contribution in [3.05, 3.63) is 174 Å². The molecule has 0 radical (unpaired) electrons. The molecule has 1 aliphatic carbocycles. The molecule has 0 saturated heterocycles. The van der Waals surface area contributed by atoms with Gasteiger partial charge in [0, 0.05) is 39.8 Å². The largest absolute Gasteiger partial charge is 0.355 e. The van der Waals surface area contributed by atoms with Crippen LogP contribution in [0.4, 0.5) is 11.4 Å². The lowest BCUT2D eigenvalue weighted by Crippen LogP contribution is -2.27. The molecule has 2 aliphatic heterocycles. The molecule has 212 valence electrons. The highest BCUT2D eigenvalue weighted by molar-refractivity contribution is 6.12. The summed E-state index contributed by atoms with van der Waals surface area (Å²) in [4.78, 5) is 2.37. The van der Waals surface area contributed by atoms with Crippen molar-refractivity contribution < 1.29 is 0 Å². The molecule has 3 aliphatic rings. The Labute approximate surface area is 259 Å². The van der Waals surface area contributed by atoms with Gasteiger partial charge in [0.2, 0.25) is 0 Å². The Morgan fingerprint density at radius 3 is 2.30 bits per heavy atom. The lowest BCUT2D eigenvalue weighted by molar-refractivity contribution is 0.630. The van der Waals surface area contributed by atoms with E-state index in [-0.39, 0.29) is 11.8 Å². The average Bonchev–Trinajstić information content (AvgIpc) is 3.39. The summed E-state index contributed by atoms with van der Waals surface area (Å²) in [6.45, 7) is 8.98. The van der Waals surface area contributed by atoms with Gasteiger partial charge in [-0.2, -0.15) is 0 Å². The molecule has 1 N–H and O–H groups in total. The predicted octanol–water partition coefficient (Wildman–Crippen LogP) is 11.1. The van der Waals surface area contributed by atoms with Gasteiger partial charge in [0.1, 0.15) is 0 Å². The van der Waals surface area contributed by atoms with E-state index in [4.69, 9.17) is 0 Å². The van der Waals surface area contributed by atoms with E-state index < -0.39 is 0 Å². The van der Waals surface area contributed by atoms with Crippen LogP contribution in [0.25, 0.3) is 38.6 Å². The van der Waals surface area contributed by atoms with Gasteiger partial charge in [-0.05, 0) is 87.5 Å². The monoisotopic (exact) mass is 566 g/mol. The first-order chi connectivity index (χ1) is 21.6. The summed E-state index contributed by atoms with van der Waals surface area (Å²) in [6, 6.07) is 39.7. The Morgan fingerprint density at radius 2 is 1.52 bits per heavy atom. The lowest BCUT2D eigenvalue weighted by Gasteiger charge is -2.37. The van der Waals surface area contributed by atoms with Gasteiger partial charge in [0.15, 0.2) is 0 Å². The fourth-order valence-electron chi connectivity index (χ4n) is 7.49. The van der Waals surface area contributed by atoms with Crippen LogP contribution < -0.4 is 10.2 Å². The SMILES string of the molecule is C=C(/C=C\C=C/C)N1C2=CC3=C(c4ccc(-c5ccccc5)c5cccc(c45)N3)C(C)C2c2cc(-c3ccccc3)ccc21. The summed E-state index contributed by atoms with van der Waals surface area (Å²) in [6.07, 6.45) is 10.7. The lowest BCUT2D eigenvalue weighted by atomic mass is 9.72. The number of hydrogen-bond acceptors (Lipinski definition) is 2. The first kappa shape index (κ1) is 26.3. The van der Waals surface area contributed by atoms with Crippen LogP contribution in [0.1, 0.15) is 30.9 Å². The third-order valence-electron chi connectivity index (χ3n) is 9.39. The van der Waals surface area contributed by atoms with E-state index in [9.17, 15) is 0 Å². The smallest absolute Gasteiger partial charge is 0.0497 e. The molecule has 2 heteroatoms. The van der Waals surface area contributed by atoms with Gasteiger partial charge in [-0.3, -0.25) is 0 Å². The summed E-state index contributed by atoms with van der Waals surface area (Å²) in [7, 11) is 0. The Bertz CT molecular complexity index is 2080. The fraction of sp³-hybridized carbons (Fsp3) is 0.0952. The van der Waals surface area contributed by atoms with E-state index in [0.717, 1.165) is 11.4 Å². The molecule has 8 rings (SSSR count). The summed E-state index contributed by atoms with van der Waals surface area (Å²) in [5.74, 6) is 0.453. The maximum atomic E-state index is 4.54. The van der Waals surface area contributed by atoms with Crippen LogP contribution in [-0.4, -0.2) is 0 Å². The van der Waals surface area contributed by atoms with Gasteiger partial charge in [-0.25, -0.2) is 0 Å². The van der Waals surface area contributed by atoms with E-state index in [0.29, 0.717) is 0 Å². The zero-order chi connectivity index (χ0) is 29.8. The van der Waals surface area contributed by atoms with Gasteiger partial charge < -0.3 is 10.2 Å². The number of allylic oxidation sites excluding steroid dienone is 7. The van der Waals surface area contributed by atoms with Crippen LogP contribution in [0.15, 0.2) is 163 Å². The second-order valence-corrected chi connectivity index (χ2v) is 11.9. The normalized spacial score (nSPS) is 18.3. The van der Waals surface area contributed by atoms with Gasteiger partial charge in [0.25, 0.3) is 0 Å². The summed E-state index contributed by atoms with van der Waals surface area (Å²) < 4.78 is 0. The van der Waals surface area contributed by atoms with Crippen molar-refractivity contribution in [1.82, 2.24) is 0 Å². The predicted molar refractivity (Wildman–Crippen MR) is 187 cm³/mol. The van der Waals surface area contributed by atoms with Crippen LogP contribution in [0, 0.1) is 5.92 Å². The summed E-state index contributed by atoms with van der Waals surface area (Å²) in [5.41, 5.74) is 14.9. The third kappa shape index (κ3) is 4.02. The Balaban J connectivity index is 1.31. The molecule has 5 aromatic rings. The highest BCUT2D eigenvalue weighted by atomic mass is 15.2. The summed E-state index contributed by atoms with van der Waals surface area (Å²) in [5, 5.41) is 6.47. The first-order valence-electron chi connectivity index (χ1n) is 15.5. The molecule has 0 fully saturated rings. The molecule has 44 heavy (non-hydrogen) atoms. The van der Waals surface area contributed by atoms with Crippen molar-refractivity contribution in [3.8, 4) is 22.3 Å². The number of hydrogen-bond donors (Lipinski definition) is 1. The van der Waals surface area contributed by atoms with E-state index in [2.05, 4.69) is 157 Å². The minimum Gasteiger partial charge on any atom is -0.355 e. The highest BCUT2D eigenvalue weighted by Gasteiger charge is 2.43. The Morgan fingerprint density at radius 1 is 0.773 bits per heavy atom. The van der Waals surface area contributed by atoms with Crippen molar-refractivity contribution in [1.29, 1.82) is 0 Å². The van der Waals surface area contributed by atoms with Crippen molar-refractivity contribution in [2.24, 2.45) is 5.92 Å². The first-order valence-corrected chi connectivity index (χ1v) is 15.5. The second kappa shape index (κ2) is 10.4. The molecule has 2 nitrogen and oxygen atoms in total. The number of fused-ring (bicyclic) bond motifs is 4. The quantitative estimate of drug-likeness (QED) is 0.213. The van der Waals surface area contributed by atoms with Gasteiger partial charge in [-0.15, -0.1) is 0 Å². The Kier molecular flexibility index (Phi) is 6.23. The van der Waals surface area contributed by atoms with Crippen molar-refractivity contribution in [2.75, 3.05) is 10.2 Å². The maximum Gasteiger partial charge on any atom is 0.0497 e. The number of benzene rings is 5. The number of nitrogens with one attached hydrogen (secondary N) is 1. The topological polar surface area (TPSA) is 15.3 Å². The molecular weight excluding hydrogens is 532 g/mol.